The molecule has 21 heavy (non-hydrogen) atoms. The zero-order valence-corrected chi connectivity index (χ0v) is 14.7. The molecule has 0 aliphatic heterocycles. The topological polar surface area (TPSA) is 64.7 Å². The van der Waals surface area contributed by atoms with Crippen molar-refractivity contribution in [3.05, 3.63) is 32.8 Å². The van der Waals surface area contributed by atoms with E-state index in [-0.39, 0.29) is 5.91 Å². The second kappa shape index (κ2) is 6.19. The first kappa shape index (κ1) is 16.0. The van der Waals surface area contributed by atoms with Gasteiger partial charge in [0.15, 0.2) is 0 Å². The Labute approximate surface area is 136 Å². The number of rotatable bonds is 4. The van der Waals surface area contributed by atoms with E-state index in [1.165, 1.54) is 0 Å². The standard InChI is InChI=1S/C13H17BrClN5O/c1-7-12(15)8(2)20(18-7)9(3)13(21)16-6-11-10(14)5-17-19(11)4/h5,9H,6H2,1-4H3,(H,16,21). The van der Waals surface area contributed by atoms with Gasteiger partial charge in [-0.1, -0.05) is 11.6 Å². The Hall–Kier alpha value is -1.34. The lowest BCUT2D eigenvalue weighted by Crippen LogP contribution is -2.32. The van der Waals surface area contributed by atoms with E-state index in [1.807, 2.05) is 20.9 Å². The van der Waals surface area contributed by atoms with Crippen molar-refractivity contribution in [3.63, 3.8) is 0 Å². The Kier molecular flexibility index (Phi) is 4.73. The summed E-state index contributed by atoms with van der Waals surface area (Å²) in [6, 6.07) is -0.428. The molecule has 1 N–H and O–H groups in total. The summed E-state index contributed by atoms with van der Waals surface area (Å²) < 4.78 is 4.23. The van der Waals surface area contributed by atoms with E-state index in [0.29, 0.717) is 11.6 Å². The molecular formula is C13H17BrClN5O. The molecule has 1 atom stereocenters. The van der Waals surface area contributed by atoms with Crippen molar-refractivity contribution < 1.29 is 4.79 Å². The Balaban J connectivity index is 2.08. The van der Waals surface area contributed by atoms with Crippen molar-refractivity contribution >= 4 is 33.4 Å². The van der Waals surface area contributed by atoms with Crippen LogP contribution in [0.15, 0.2) is 10.7 Å². The molecule has 0 saturated carbocycles. The molecule has 8 heteroatoms. The molecule has 6 nitrogen and oxygen atoms in total. The van der Waals surface area contributed by atoms with Gasteiger partial charge in [-0.25, -0.2) is 0 Å². The Bertz CT molecular complexity index is 659. The average molecular weight is 375 g/mol. The highest BCUT2D eigenvalue weighted by Crippen LogP contribution is 2.22. The molecule has 0 aliphatic carbocycles. The number of nitrogens with zero attached hydrogens (tertiary/aromatic N) is 4. The number of hydrogen-bond donors (Lipinski definition) is 1. The lowest BCUT2D eigenvalue weighted by atomic mass is 10.3. The van der Waals surface area contributed by atoms with Crippen molar-refractivity contribution in [1.82, 2.24) is 24.9 Å². The number of carbonyl (C=O) groups excluding carboxylic acids is 1. The molecule has 2 aromatic heterocycles. The summed E-state index contributed by atoms with van der Waals surface area (Å²) in [7, 11) is 1.83. The van der Waals surface area contributed by atoms with E-state index >= 15 is 0 Å². The smallest absolute Gasteiger partial charge is 0.244 e. The summed E-state index contributed by atoms with van der Waals surface area (Å²) in [4.78, 5) is 12.3. The van der Waals surface area contributed by atoms with Gasteiger partial charge in [-0.15, -0.1) is 0 Å². The Morgan fingerprint density at radius 3 is 2.67 bits per heavy atom. The van der Waals surface area contributed by atoms with Gasteiger partial charge < -0.3 is 5.32 Å². The molecule has 0 aliphatic rings. The lowest BCUT2D eigenvalue weighted by molar-refractivity contribution is -0.124. The Morgan fingerprint density at radius 2 is 2.19 bits per heavy atom. The van der Waals surface area contributed by atoms with Crippen molar-refractivity contribution in [2.75, 3.05) is 0 Å². The number of aromatic nitrogens is 4. The number of amides is 1. The molecule has 0 fully saturated rings. The van der Waals surface area contributed by atoms with E-state index in [9.17, 15) is 4.79 Å². The SMILES string of the molecule is Cc1nn(C(C)C(=O)NCc2c(Br)cnn2C)c(C)c1Cl. The highest BCUT2D eigenvalue weighted by Gasteiger charge is 2.20. The molecule has 2 aromatic rings. The maximum absolute atomic E-state index is 12.3. The highest BCUT2D eigenvalue weighted by atomic mass is 79.9. The van der Waals surface area contributed by atoms with Crippen LogP contribution in [-0.2, 0) is 18.4 Å². The van der Waals surface area contributed by atoms with Gasteiger partial charge in [0.1, 0.15) is 6.04 Å². The maximum Gasteiger partial charge on any atom is 0.244 e. The summed E-state index contributed by atoms with van der Waals surface area (Å²) in [5.41, 5.74) is 2.42. The first-order valence-electron chi connectivity index (χ1n) is 6.48. The van der Waals surface area contributed by atoms with E-state index in [0.717, 1.165) is 21.6 Å². The first-order chi connectivity index (χ1) is 9.82. The van der Waals surface area contributed by atoms with Crippen molar-refractivity contribution in [1.29, 1.82) is 0 Å². The summed E-state index contributed by atoms with van der Waals surface area (Å²) in [6.07, 6.45) is 1.70. The second-order valence-electron chi connectivity index (χ2n) is 4.89. The molecule has 0 saturated heterocycles. The van der Waals surface area contributed by atoms with Crippen LogP contribution in [0.4, 0.5) is 0 Å². The predicted octanol–water partition coefficient (Wildman–Crippen LogP) is 2.53. The van der Waals surface area contributed by atoms with Gasteiger partial charge in [0.05, 0.1) is 39.3 Å². The second-order valence-corrected chi connectivity index (χ2v) is 6.12. The van der Waals surface area contributed by atoms with Crippen molar-refractivity contribution in [3.8, 4) is 0 Å². The molecule has 0 radical (unpaired) electrons. The average Bonchev–Trinajstić information content (AvgIpc) is 2.90. The van der Waals surface area contributed by atoms with Crippen LogP contribution in [0.2, 0.25) is 5.02 Å². The van der Waals surface area contributed by atoms with Crippen LogP contribution in [0.1, 0.15) is 30.0 Å². The molecule has 114 valence electrons. The summed E-state index contributed by atoms with van der Waals surface area (Å²) in [5.74, 6) is -0.120. The predicted molar refractivity (Wildman–Crippen MR) is 84.2 cm³/mol. The third-order valence-corrected chi connectivity index (χ3v) is 4.63. The van der Waals surface area contributed by atoms with Crippen LogP contribution >= 0.6 is 27.5 Å². The number of carbonyl (C=O) groups is 1. The van der Waals surface area contributed by atoms with Gasteiger partial charge in [0.2, 0.25) is 5.91 Å². The maximum atomic E-state index is 12.3. The highest BCUT2D eigenvalue weighted by molar-refractivity contribution is 9.10. The minimum Gasteiger partial charge on any atom is -0.349 e. The lowest BCUT2D eigenvalue weighted by Gasteiger charge is -2.14. The fraction of sp³-hybridized carbons (Fsp3) is 0.462. The normalized spacial score (nSPS) is 12.5. The molecule has 0 spiro atoms. The fourth-order valence-corrected chi connectivity index (χ4v) is 2.70. The number of nitrogens with one attached hydrogen (secondary N) is 1. The number of halogens is 2. The summed E-state index contributed by atoms with van der Waals surface area (Å²) in [5, 5.41) is 11.9. The van der Waals surface area contributed by atoms with Crippen molar-refractivity contribution in [2.24, 2.45) is 7.05 Å². The van der Waals surface area contributed by atoms with Crippen LogP contribution < -0.4 is 5.32 Å². The minimum atomic E-state index is -0.428. The van der Waals surface area contributed by atoms with E-state index < -0.39 is 6.04 Å². The van der Waals surface area contributed by atoms with Gasteiger partial charge in [-0.3, -0.25) is 14.2 Å². The quantitative estimate of drug-likeness (QED) is 0.894. The van der Waals surface area contributed by atoms with Gasteiger partial charge in [-0.2, -0.15) is 10.2 Å². The first-order valence-corrected chi connectivity index (χ1v) is 7.65. The molecule has 1 amide bonds. The molecule has 1 unspecified atom stereocenters. The summed E-state index contributed by atoms with van der Waals surface area (Å²) in [6.45, 7) is 5.86. The Morgan fingerprint density at radius 1 is 1.52 bits per heavy atom. The van der Waals surface area contributed by atoms with Gasteiger partial charge in [-0.05, 0) is 36.7 Å². The zero-order chi connectivity index (χ0) is 15.7. The molecular weight excluding hydrogens is 358 g/mol. The van der Waals surface area contributed by atoms with Crippen molar-refractivity contribution in [2.45, 2.75) is 33.4 Å². The third-order valence-electron chi connectivity index (χ3n) is 3.42. The van der Waals surface area contributed by atoms with Crippen LogP contribution in [0.25, 0.3) is 0 Å². The largest absolute Gasteiger partial charge is 0.349 e. The fourth-order valence-electron chi connectivity index (χ4n) is 2.08. The van der Waals surface area contributed by atoms with E-state index in [1.54, 1.807) is 22.5 Å². The van der Waals surface area contributed by atoms with E-state index in [2.05, 4.69) is 31.4 Å². The van der Waals surface area contributed by atoms with Crippen LogP contribution in [0, 0.1) is 13.8 Å². The van der Waals surface area contributed by atoms with Crippen LogP contribution in [0.3, 0.4) is 0 Å². The number of aryl methyl sites for hydroxylation is 2. The third kappa shape index (κ3) is 3.13. The number of hydrogen-bond acceptors (Lipinski definition) is 3. The van der Waals surface area contributed by atoms with Gasteiger partial charge >= 0.3 is 0 Å². The zero-order valence-electron chi connectivity index (χ0n) is 12.3. The van der Waals surface area contributed by atoms with Gasteiger partial charge in [0.25, 0.3) is 0 Å². The molecule has 2 rings (SSSR count). The molecule has 2 heterocycles. The summed E-state index contributed by atoms with van der Waals surface area (Å²) >= 11 is 9.52. The monoisotopic (exact) mass is 373 g/mol. The minimum absolute atomic E-state index is 0.120. The van der Waals surface area contributed by atoms with E-state index in [4.69, 9.17) is 11.6 Å². The molecule has 0 aromatic carbocycles. The molecule has 0 bridgehead atoms. The van der Waals surface area contributed by atoms with Crippen LogP contribution in [0.5, 0.6) is 0 Å². The van der Waals surface area contributed by atoms with Gasteiger partial charge in [0, 0.05) is 7.05 Å². The van der Waals surface area contributed by atoms with Crippen LogP contribution in [-0.4, -0.2) is 25.5 Å².